The van der Waals surface area contributed by atoms with Gasteiger partial charge in [0, 0.05) is 29.8 Å². The summed E-state index contributed by atoms with van der Waals surface area (Å²) < 4.78 is 5.76. The van der Waals surface area contributed by atoms with Gasteiger partial charge in [-0.2, -0.15) is 0 Å². The van der Waals surface area contributed by atoms with Crippen molar-refractivity contribution in [3.63, 3.8) is 0 Å². The molecular weight excluding hydrogens is 369 g/mol. The van der Waals surface area contributed by atoms with E-state index in [1.807, 2.05) is 31.2 Å². The third-order valence-electron chi connectivity index (χ3n) is 3.82. The molecule has 0 N–H and O–H groups in total. The molecule has 0 aliphatic heterocycles. The predicted octanol–water partition coefficient (Wildman–Crippen LogP) is 6.76. The number of carbonyl (C=O) groups is 1. The Morgan fingerprint density at radius 3 is 2.65 bits per heavy atom. The van der Waals surface area contributed by atoms with Gasteiger partial charge in [0.25, 0.3) is 0 Å². The van der Waals surface area contributed by atoms with Crippen LogP contribution in [0.25, 0.3) is 6.08 Å². The van der Waals surface area contributed by atoms with Crippen LogP contribution in [0, 0.1) is 5.92 Å². The van der Waals surface area contributed by atoms with Gasteiger partial charge in [-0.15, -0.1) is 0 Å². The van der Waals surface area contributed by atoms with Crippen LogP contribution in [0.4, 0.5) is 0 Å². The molecular formula is C21H23Cl2NO2. The number of rotatable bonds is 8. The summed E-state index contributed by atoms with van der Waals surface area (Å²) in [6.07, 6.45) is 8.08. The van der Waals surface area contributed by atoms with Crippen LogP contribution in [0.3, 0.4) is 0 Å². The van der Waals surface area contributed by atoms with Crippen molar-refractivity contribution in [3.05, 3.63) is 57.7 Å². The number of ketones is 1. The lowest BCUT2D eigenvalue weighted by atomic mass is 10.0. The molecule has 5 heteroatoms. The van der Waals surface area contributed by atoms with Crippen molar-refractivity contribution in [3.8, 4) is 11.6 Å². The normalized spacial score (nSPS) is 12.3. The van der Waals surface area contributed by atoms with E-state index in [-0.39, 0.29) is 11.7 Å². The van der Waals surface area contributed by atoms with Crippen LogP contribution in [-0.4, -0.2) is 10.8 Å². The molecule has 0 radical (unpaired) electrons. The fraction of sp³-hybridized carbons (Fsp3) is 0.333. The molecule has 0 aliphatic carbocycles. The van der Waals surface area contributed by atoms with E-state index in [1.54, 1.807) is 25.3 Å². The first kappa shape index (κ1) is 20.5. The molecule has 1 aromatic heterocycles. The summed E-state index contributed by atoms with van der Waals surface area (Å²) in [4.78, 5) is 15.4. The third-order valence-corrected chi connectivity index (χ3v) is 4.47. The van der Waals surface area contributed by atoms with Gasteiger partial charge in [-0.1, -0.05) is 55.6 Å². The maximum Gasteiger partial charge on any atom is 0.219 e. The first-order valence-electron chi connectivity index (χ1n) is 8.68. The average Bonchev–Trinajstić information content (AvgIpc) is 2.58. The highest BCUT2D eigenvalue weighted by Crippen LogP contribution is 2.34. The van der Waals surface area contributed by atoms with E-state index in [4.69, 9.17) is 27.9 Å². The molecule has 2 rings (SSSR count). The highest BCUT2D eigenvalue weighted by atomic mass is 35.5. The standard InChI is InChI=1S/C21H23Cl2NO2/c1-4-5-17-11-19(23)20(12-18(17)22)26-21-9-8-16(13-24-21)7-6-14(2)10-15(3)25/h6-9,11-14H,4-5,10H2,1-3H3/b7-6+/t14-/m0/s1. The molecule has 3 nitrogen and oxygen atoms in total. The molecule has 26 heavy (non-hydrogen) atoms. The van der Waals surface area contributed by atoms with Crippen molar-refractivity contribution < 1.29 is 9.53 Å². The van der Waals surface area contributed by atoms with Gasteiger partial charge < -0.3 is 9.53 Å². The van der Waals surface area contributed by atoms with Crippen LogP contribution in [0.15, 0.2) is 36.5 Å². The van der Waals surface area contributed by atoms with Gasteiger partial charge in [0.15, 0.2) is 0 Å². The number of benzene rings is 1. The van der Waals surface area contributed by atoms with E-state index in [0.717, 1.165) is 24.0 Å². The van der Waals surface area contributed by atoms with Gasteiger partial charge in [-0.25, -0.2) is 4.98 Å². The van der Waals surface area contributed by atoms with Crippen molar-refractivity contribution >= 4 is 35.1 Å². The molecule has 2 aromatic rings. The Bertz CT molecular complexity index is 785. The SMILES string of the molecule is CCCc1cc(Cl)c(Oc2ccc(/C=C/[C@H](C)CC(C)=O)cn2)cc1Cl. The molecule has 0 amide bonds. The van der Waals surface area contributed by atoms with E-state index in [0.29, 0.717) is 28.1 Å². The topological polar surface area (TPSA) is 39.2 Å². The smallest absolute Gasteiger partial charge is 0.219 e. The molecule has 0 saturated heterocycles. The minimum Gasteiger partial charge on any atom is -0.437 e. The van der Waals surface area contributed by atoms with Crippen LogP contribution in [0.5, 0.6) is 11.6 Å². The number of pyridine rings is 1. The van der Waals surface area contributed by atoms with E-state index >= 15 is 0 Å². The number of halogens is 2. The van der Waals surface area contributed by atoms with Gasteiger partial charge in [0.2, 0.25) is 5.88 Å². The van der Waals surface area contributed by atoms with Gasteiger partial charge >= 0.3 is 0 Å². The molecule has 1 aromatic carbocycles. The fourth-order valence-corrected chi connectivity index (χ4v) is 3.04. The largest absolute Gasteiger partial charge is 0.437 e. The van der Waals surface area contributed by atoms with E-state index in [9.17, 15) is 4.79 Å². The van der Waals surface area contributed by atoms with Crippen molar-refractivity contribution in [2.75, 3.05) is 0 Å². The Kier molecular flexibility index (Phi) is 7.67. The minimum atomic E-state index is 0.185. The molecule has 1 atom stereocenters. The first-order chi connectivity index (χ1) is 12.4. The number of Topliss-reactive ketones (excluding diaryl/α,β-unsaturated/α-hetero) is 1. The van der Waals surface area contributed by atoms with E-state index in [1.165, 1.54) is 0 Å². The summed E-state index contributed by atoms with van der Waals surface area (Å²) in [6.45, 7) is 5.70. The molecule has 0 bridgehead atoms. The second kappa shape index (κ2) is 9.75. The van der Waals surface area contributed by atoms with Gasteiger partial charge in [-0.05, 0) is 42.5 Å². The molecule has 0 unspecified atom stereocenters. The third kappa shape index (κ3) is 6.15. The second-order valence-corrected chi connectivity index (χ2v) is 7.21. The molecule has 0 saturated carbocycles. The highest BCUT2D eigenvalue weighted by Gasteiger charge is 2.10. The number of aryl methyl sites for hydroxylation is 1. The summed E-state index contributed by atoms with van der Waals surface area (Å²) in [5, 5.41) is 1.16. The number of allylic oxidation sites excluding steroid dienone is 1. The number of ether oxygens (including phenoxy) is 1. The maximum atomic E-state index is 11.1. The van der Waals surface area contributed by atoms with Crippen molar-refractivity contribution in [1.29, 1.82) is 0 Å². The molecule has 138 valence electrons. The summed E-state index contributed by atoms with van der Waals surface area (Å²) >= 11 is 12.6. The predicted molar refractivity (Wildman–Crippen MR) is 108 cm³/mol. The lowest BCUT2D eigenvalue weighted by Gasteiger charge is -2.10. The zero-order chi connectivity index (χ0) is 19.1. The summed E-state index contributed by atoms with van der Waals surface area (Å²) in [7, 11) is 0. The van der Waals surface area contributed by atoms with Crippen LogP contribution in [0.1, 0.15) is 44.7 Å². The Morgan fingerprint density at radius 1 is 1.27 bits per heavy atom. The van der Waals surface area contributed by atoms with Crippen molar-refractivity contribution in [2.45, 2.75) is 40.0 Å². The van der Waals surface area contributed by atoms with Crippen molar-refractivity contribution in [2.24, 2.45) is 5.92 Å². The molecule has 1 heterocycles. The fourth-order valence-electron chi connectivity index (χ4n) is 2.57. The first-order valence-corrected chi connectivity index (χ1v) is 9.44. The summed E-state index contributed by atoms with van der Waals surface area (Å²) in [6, 6.07) is 7.25. The molecule has 0 aliphatic rings. The molecule has 0 fully saturated rings. The van der Waals surface area contributed by atoms with Crippen LogP contribution in [-0.2, 0) is 11.2 Å². The lowest BCUT2D eigenvalue weighted by Crippen LogP contribution is -1.97. The Labute approximate surface area is 165 Å². The molecule has 0 spiro atoms. The Hall–Kier alpha value is -1.84. The van der Waals surface area contributed by atoms with Gasteiger partial charge in [0.05, 0.1) is 5.02 Å². The second-order valence-electron chi connectivity index (χ2n) is 6.40. The summed E-state index contributed by atoms with van der Waals surface area (Å²) in [5.74, 6) is 1.32. The highest BCUT2D eigenvalue weighted by molar-refractivity contribution is 6.34. The zero-order valence-corrected chi connectivity index (χ0v) is 16.8. The number of hydrogen-bond donors (Lipinski definition) is 0. The Balaban J connectivity index is 2.06. The van der Waals surface area contributed by atoms with Crippen molar-refractivity contribution in [1.82, 2.24) is 4.98 Å². The number of nitrogens with zero attached hydrogens (tertiary/aromatic N) is 1. The zero-order valence-electron chi connectivity index (χ0n) is 15.3. The number of aromatic nitrogens is 1. The van der Waals surface area contributed by atoms with Crippen LogP contribution >= 0.6 is 23.2 Å². The Morgan fingerprint density at radius 2 is 2.04 bits per heavy atom. The van der Waals surface area contributed by atoms with Crippen LogP contribution in [0.2, 0.25) is 10.0 Å². The minimum absolute atomic E-state index is 0.185. The van der Waals surface area contributed by atoms with Crippen LogP contribution < -0.4 is 4.74 Å². The quantitative estimate of drug-likeness (QED) is 0.498. The lowest BCUT2D eigenvalue weighted by molar-refractivity contribution is -0.117. The van der Waals surface area contributed by atoms with Gasteiger partial charge in [0.1, 0.15) is 11.5 Å². The monoisotopic (exact) mass is 391 g/mol. The number of carbonyl (C=O) groups excluding carboxylic acids is 1. The summed E-state index contributed by atoms with van der Waals surface area (Å²) in [5.41, 5.74) is 1.95. The average molecular weight is 392 g/mol. The van der Waals surface area contributed by atoms with E-state index < -0.39 is 0 Å². The van der Waals surface area contributed by atoms with Gasteiger partial charge in [-0.3, -0.25) is 0 Å². The maximum absolute atomic E-state index is 11.1. The number of hydrogen-bond acceptors (Lipinski definition) is 3. The van der Waals surface area contributed by atoms with E-state index in [2.05, 4.69) is 11.9 Å².